The lowest BCUT2D eigenvalue weighted by molar-refractivity contribution is -0.143. The van der Waals surface area contributed by atoms with Crippen molar-refractivity contribution < 1.29 is 14.3 Å². The first-order valence-corrected chi connectivity index (χ1v) is 14.3. The SMILES string of the molecule is Cc1ccc(OCC(=O)N(Cc2ccc(Br)cc2)C(Cc2ccccc2)C(=O)NC2CCCCC2)c(C)c1. The van der Waals surface area contributed by atoms with Crippen LogP contribution in [0.3, 0.4) is 0 Å². The van der Waals surface area contributed by atoms with Gasteiger partial charge in [-0.2, -0.15) is 0 Å². The van der Waals surface area contributed by atoms with Crippen molar-refractivity contribution in [2.45, 2.75) is 71.0 Å². The molecule has 200 valence electrons. The molecule has 1 unspecified atom stereocenters. The summed E-state index contributed by atoms with van der Waals surface area (Å²) >= 11 is 3.49. The Bertz CT molecular complexity index is 1210. The molecule has 6 heteroatoms. The van der Waals surface area contributed by atoms with E-state index in [4.69, 9.17) is 4.74 Å². The van der Waals surface area contributed by atoms with Gasteiger partial charge in [0.15, 0.2) is 6.61 Å². The lowest BCUT2D eigenvalue weighted by Crippen LogP contribution is -2.53. The second-order valence-corrected chi connectivity index (χ2v) is 11.2. The van der Waals surface area contributed by atoms with Crippen molar-refractivity contribution in [1.29, 1.82) is 0 Å². The highest BCUT2D eigenvalue weighted by atomic mass is 79.9. The zero-order valence-corrected chi connectivity index (χ0v) is 23.9. The van der Waals surface area contributed by atoms with Gasteiger partial charge in [-0.05, 0) is 61.6 Å². The first kappa shape index (κ1) is 27.9. The highest BCUT2D eigenvalue weighted by Crippen LogP contribution is 2.22. The lowest BCUT2D eigenvalue weighted by Gasteiger charge is -2.33. The van der Waals surface area contributed by atoms with Crippen molar-refractivity contribution in [3.8, 4) is 5.75 Å². The van der Waals surface area contributed by atoms with Gasteiger partial charge in [-0.3, -0.25) is 9.59 Å². The molecule has 1 N–H and O–H groups in total. The minimum atomic E-state index is -0.654. The molecule has 0 spiro atoms. The third-order valence-electron chi connectivity index (χ3n) is 7.17. The second-order valence-electron chi connectivity index (χ2n) is 10.3. The maximum Gasteiger partial charge on any atom is 0.261 e. The van der Waals surface area contributed by atoms with E-state index >= 15 is 0 Å². The maximum absolute atomic E-state index is 13.8. The van der Waals surface area contributed by atoms with Crippen LogP contribution in [-0.4, -0.2) is 35.4 Å². The van der Waals surface area contributed by atoms with Gasteiger partial charge in [-0.25, -0.2) is 0 Å². The van der Waals surface area contributed by atoms with Gasteiger partial charge in [0, 0.05) is 23.5 Å². The Morgan fingerprint density at radius 2 is 1.66 bits per heavy atom. The molecule has 38 heavy (non-hydrogen) atoms. The van der Waals surface area contributed by atoms with Crippen molar-refractivity contribution in [1.82, 2.24) is 10.2 Å². The number of rotatable bonds is 10. The first-order chi connectivity index (χ1) is 18.4. The zero-order chi connectivity index (χ0) is 26.9. The molecule has 3 aromatic rings. The summed E-state index contributed by atoms with van der Waals surface area (Å²) in [5.41, 5.74) is 4.09. The molecule has 1 saturated carbocycles. The summed E-state index contributed by atoms with van der Waals surface area (Å²) in [6.07, 6.45) is 5.87. The summed E-state index contributed by atoms with van der Waals surface area (Å²) < 4.78 is 6.96. The number of hydrogen-bond acceptors (Lipinski definition) is 3. The number of halogens is 1. The molecule has 1 aliphatic rings. The molecule has 0 heterocycles. The average molecular weight is 578 g/mol. The van der Waals surface area contributed by atoms with Gasteiger partial charge in [-0.1, -0.05) is 95.4 Å². The molecular formula is C32H37BrN2O3. The molecule has 0 radical (unpaired) electrons. The topological polar surface area (TPSA) is 58.6 Å². The third-order valence-corrected chi connectivity index (χ3v) is 7.70. The number of carbonyl (C=O) groups excluding carboxylic acids is 2. The predicted molar refractivity (Wildman–Crippen MR) is 155 cm³/mol. The van der Waals surface area contributed by atoms with E-state index in [1.165, 1.54) is 6.42 Å². The van der Waals surface area contributed by atoms with Gasteiger partial charge in [0.1, 0.15) is 11.8 Å². The van der Waals surface area contributed by atoms with Crippen LogP contribution in [0.1, 0.15) is 54.4 Å². The van der Waals surface area contributed by atoms with Gasteiger partial charge in [-0.15, -0.1) is 0 Å². The van der Waals surface area contributed by atoms with E-state index in [0.29, 0.717) is 18.7 Å². The van der Waals surface area contributed by atoms with E-state index in [0.717, 1.165) is 52.4 Å². The van der Waals surface area contributed by atoms with E-state index in [1.807, 2.05) is 86.6 Å². The van der Waals surface area contributed by atoms with Crippen LogP contribution in [0.5, 0.6) is 5.75 Å². The van der Waals surface area contributed by atoms with Gasteiger partial charge in [0.2, 0.25) is 5.91 Å². The summed E-state index contributed by atoms with van der Waals surface area (Å²) in [6, 6.07) is 23.2. The Kier molecular flexibility index (Phi) is 9.99. The summed E-state index contributed by atoms with van der Waals surface area (Å²) in [7, 11) is 0. The largest absolute Gasteiger partial charge is 0.483 e. The predicted octanol–water partition coefficient (Wildman–Crippen LogP) is 6.53. The Morgan fingerprint density at radius 1 is 0.947 bits per heavy atom. The monoisotopic (exact) mass is 576 g/mol. The Labute approximate surface area is 234 Å². The highest BCUT2D eigenvalue weighted by molar-refractivity contribution is 9.10. The van der Waals surface area contributed by atoms with Gasteiger partial charge in [0.05, 0.1) is 0 Å². The molecule has 5 nitrogen and oxygen atoms in total. The molecule has 4 rings (SSSR count). The van der Waals surface area contributed by atoms with Crippen LogP contribution in [0, 0.1) is 13.8 Å². The number of amides is 2. The molecule has 3 aromatic carbocycles. The fourth-order valence-electron chi connectivity index (χ4n) is 5.07. The van der Waals surface area contributed by atoms with Crippen molar-refractivity contribution in [2.75, 3.05) is 6.61 Å². The number of benzene rings is 3. The van der Waals surface area contributed by atoms with Crippen LogP contribution in [0.25, 0.3) is 0 Å². The van der Waals surface area contributed by atoms with Gasteiger partial charge in [0.25, 0.3) is 5.91 Å². The van der Waals surface area contributed by atoms with Crippen molar-refractivity contribution in [3.63, 3.8) is 0 Å². The molecule has 0 bridgehead atoms. The average Bonchev–Trinajstić information content (AvgIpc) is 2.92. The normalized spacial score (nSPS) is 14.5. The Hall–Kier alpha value is -3.12. The van der Waals surface area contributed by atoms with Crippen LogP contribution in [0.4, 0.5) is 0 Å². The number of nitrogens with zero attached hydrogens (tertiary/aromatic N) is 1. The molecule has 2 amide bonds. The summed E-state index contributed by atoms with van der Waals surface area (Å²) in [4.78, 5) is 29.3. The summed E-state index contributed by atoms with van der Waals surface area (Å²) in [5, 5.41) is 3.28. The van der Waals surface area contributed by atoms with Crippen LogP contribution in [0.15, 0.2) is 77.3 Å². The van der Waals surface area contributed by atoms with Gasteiger partial charge >= 0.3 is 0 Å². The molecular weight excluding hydrogens is 540 g/mol. The number of nitrogens with one attached hydrogen (secondary N) is 1. The standard InChI is InChI=1S/C32H37BrN2O3/c1-23-13-18-30(24(2)19-23)38-22-31(36)35(21-26-14-16-27(33)17-15-26)29(20-25-9-5-3-6-10-25)32(37)34-28-11-7-4-8-12-28/h3,5-6,9-10,13-19,28-29H,4,7-8,11-12,20-22H2,1-2H3,(H,34,37). The fourth-order valence-corrected chi connectivity index (χ4v) is 5.33. The van der Waals surface area contributed by atoms with Crippen LogP contribution >= 0.6 is 15.9 Å². The quantitative estimate of drug-likeness (QED) is 0.298. The third kappa shape index (κ3) is 7.94. The molecule has 0 aromatic heterocycles. The smallest absolute Gasteiger partial charge is 0.261 e. The molecule has 1 fully saturated rings. The van der Waals surface area contributed by atoms with Crippen LogP contribution < -0.4 is 10.1 Å². The first-order valence-electron chi connectivity index (χ1n) is 13.5. The summed E-state index contributed by atoms with van der Waals surface area (Å²) in [6.45, 7) is 4.18. The van der Waals surface area contributed by atoms with Crippen molar-refractivity contribution in [2.24, 2.45) is 0 Å². The zero-order valence-electron chi connectivity index (χ0n) is 22.3. The molecule has 1 atom stereocenters. The Balaban J connectivity index is 1.61. The van der Waals surface area contributed by atoms with Crippen molar-refractivity contribution >= 4 is 27.7 Å². The lowest BCUT2D eigenvalue weighted by atomic mass is 9.94. The molecule has 0 saturated heterocycles. The summed E-state index contributed by atoms with van der Waals surface area (Å²) in [5.74, 6) is 0.365. The van der Waals surface area contributed by atoms with Crippen molar-refractivity contribution in [3.05, 3.63) is 99.5 Å². The van der Waals surface area contributed by atoms with E-state index in [9.17, 15) is 9.59 Å². The minimum Gasteiger partial charge on any atom is -0.483 e. The highest BCUT2D eigenvalue weighted by Gasteiger charge is 2.32. The maximum atomic E-state index is 13.8. The van der Waals surface area contributed by atoms with E-state index in [1.54, 1.807) is 4.90 Å². The van der Waals surface area contributed by atoms with Crippen LogP contribution in [0.2, 0.25) is 0 Å². The van der Waals surface area contributed by atoms with E-state index in [2.05, 4.69) is 21.2 Å². The Morgan fingerprint density at radius 3 is 2.34 bits per heavy atom. The number of ether oxygens (including phenoxy) is 1. The molecule has 1 aliphatic carbocycles. The number of hydrogen-bond donors (Lipinski definition) is 1. The van der Waals surface area contributed by atoms with E-state index in [-0.39, 0.29) is 24.5 Å². The molecule has 0 aliphatic heterocycles. The number of aryl methyl sites for hydroxylation is 2. The van der Waals surface area contributed by atoms with E-state index < -0.39 is 6.04 Å². The fraction of sp³-hybridized carbons (Fsp3) is 0.375. The van der Waals surface area contributed by atoms with Gasteiger partial charge < -0.3 is 15.0 Å². The minimum absolute atomic E-state index is 0.0993. The number of carbonyl (C=O) groups is 2. The van der Waals surface area contributed by atoms with Crippen LogP contribution in [-0.2, 0) is 22.6 Å². The second kappa shape index (κ2) is 13.6.